The standard InChI is InChI=1S/C16H16ClN3OS/c17-11-3-1-10(2-4-11)14(21)8-20-6-5-12-13(7-18)16(19)22-15(12)9-20/h1-4,14,21H,5-6,8-9,19H2. The Morgan fingerprint density at radius 2 is 2.14 bits per heavy atom. The van der Waals surface area contributed by atoms with Gasteiger partial charge in [-0.3, -0.25) is 4.90 Å². The lowest BCUT2D eigenvalue weighted by molar-refractivity contribution is 0.107. The molecule has 0 spiro atoms. The maximum Gasteiger partial charge on any atom is 0.104 e. The van der Waals surface area contributed by atoms with E-state index in [4.69, 9.17) is 22.6 Å². The first-order valence-corrected chi connectivity index (χ1v) is 8.24. The Morgan fingerprint density at radius 1 is 1.41 bits per heavy atom. The Labute approximate surface area is 138 Å². The van der Waals surface area contributed by atoms with Gasteiger partial charge in [0, 0.05) is 29.5 Å². The van der Waals surface area contributed by atoms with Crippen molar-refractivity contribution in [3.63, 3.8) is 0 Å². The van der Waals surface area contributed by atoms with Crippen LogP contribution in [0.15, 0.2) is 24.3 Å². The molecule has 3 N–H and O–H groups in total. The summed E-state index contributed by atoms with van der Waals surface area (Å²) in [5.74, 6) is 0. The molecule has 1 unspecified atom stereocenters. The molecule has 114 valence electrons. The lowest BCUT2D eigenvalue weighted by Gasteiger charge is -2.28. The van der Waals surface area contributed by atoms with Gasteiger partial charge in [0.15, 0.2) is 0 Å². The molecule has 0 bridgehead atoms. The molecular weight excluding hydrogens is 318 g/mol. The van der Waals surface area contributed by atoms with E-state index in [1.807, 2.05) is 12.1 Å². The number of nitrogen functional groups attached to an aromatic ring is 1. The molecular formula is C16H16ClN3OS. The van der Waals surface area contributed by atoms with E-state index in [0.717, 1.165) is 35.5 Å². The molecule has 1 aromatic heterocycles. The number of nitriles is 1. The van der Waals surface area contributed by atoms with Crippen LogP contribution in [-0.4, -0.2) is 23.1 Å². The Morgan fingerprint density at radius 3 is 2.82 bits per heavy atom. The third kappa shape index (κ3) is 2.96. The fraction of sp³-hybridized carbons (Fsp3) is 0.312. The first-order chi connectivity index (χ1) is 10.6. The molecule has 4 nitrogen and oxygen atoms in total. The number of thiophene rings is 1. The van der Waals surface area contributed by atoms with Crippen molar-refractivity contribution in [2.45, 2.75) is 19.1 Å². The number of fused-ring (bicyclic) bond motifs is 1. The number of β-amino-alcohol motifs (C(OH)–C–C–N with tert-alkyl or cyclic N) is 1. The Bertz CT molecular complexity index is 720. The van der Waals surface area contributed by atoms with Crippen molar-refractivity contribution in [3.8, 4) is 6.07 Å². The zero-order valence-corrected chi connectivity index (χ0v) is 13.5. The topological polar surface area (TPSA) is 73.3 Å². The summed E-state index contributed by atoms with van der Waals surface area (Å²) in [5.41, 5.74) is 8.48. The summed E-state index contributed by atoms with van der Waals surface area (Å²) in [5, 5.41) is 20.8. The molecule has 1 aromatic carbocycles. The minimum absolute atomic E-state index is 0.549. The normalized spacial score (nSPS) is 16.0. The van der Waals surface area contributed by atoms with Crippen LogP contribution in [0.5, 0.6) is 0 Å². The molecule has 1 aliphatic heterocycles. The van der Waals surface area contributed by atoms with Gasteiger partial charge in [-0.05, 0) is 29.7 Å². The number of nitrogens with zero attached hydrogens (tertiary/aromatic N) is 2. The van der Waals surface area contributed by atoms with E-state index >= 15 is 0 Å². The van der Waals surface area contributed by atoms with Crippen LogP contribution in [0, 0.1) is 11.3 Å². The molecule has 0 amide bonds. The summed E-state index contributed by atoms with van der Waals surface area (Å²) in [6.45, 7) is 2.11. The summed E-state index contributed by atoms with van der Waals surface area (Å²) in [6.07, 6.45) is 0.255. The smallest absolute Gasteiger partial charge is 0.104 e. The Hall–Kier alpha value is -1.58. The number of hydrogen-bond donors (Lipinski definition) is 2. The fourth-order valence-corrected chi connectivity index (χ4v) is 4.03. The van der Waals surface area contributed by atoms with Crippen LogP contribution in [0.25, 0.3) is 0 Å². The predicted molar refractivity (Wildman–Crippen MR) is 88.8 cm³/mol. The van der Waals surface area contributed by atoms with Gasteiger partial charge in [-0.1, -0.05) is 23.7 Å². The molecule has 0 radical (unpaired) electrons. The van der Waals surface area contributed by atoms with Gasteiger partial charge in [-0.15, -0.1) is 11.3 Å². The van der Waals surface area contributed by atoms with Crippen LogP contribution in [0.1, 0.15) is 27.7 Å². The van der Waals surface area contributed by atoms with E-state index in [1.54, 1.807) is 12.1 Å². The number of rotatable bonds is 3. The second-order valence-corrected chi connectivity index (χ2v) is 6.98. The number of hydrogen-bond acceptors (Lipinski definition) is 5. The van der Waals surface area contributed by atoms with Crippen molar-refractivity contribution in [1.29, 1.82) is 5.26 Å². The average molecular weight is 334 g/mol. The van der Waals surface area contributed by atoms with Gasteiger partial charge in [-0.2, -0.15) is 5.26 Å². The van der Waals surface area contributed by atoms with E-state index in [2.05, 4.69) is 11.0 Å². The first-order valence-electron chi connectivity index (χ1n) is 7.04. The molecule has 0 aliphatic carbocycles. The predicted octanol–water partition coefficient (Wildman–Crippen LogP) is 2.95. The molecule has 1 aliphatic rings. The van der Waals surface area contributed by atoms with E-state index in [0.29, 0.717) is 22.1 Å². The number of aliphatic hydroxyl groups is 1. The van der Waals surface area contributed by atoms with Crippen molar-refractivity contribution < 1.29 is 5.11 Å². The van der Waals surface area contributed by atoms with Crippen LogP contribution in [0.4, 0.5) is 5.00 Å². The minimum Gasteiger partial charge on any atom is -0.389 e. The summed E-state index contributed by atoms with van der Waals surface area (Å²) >= 11 is 7.35. The number of benzene rings is 1. The molecule has 3 rings (SSSR count). The zero-order chi connectivity index (χ0) is 15.7. The molecule has 0 saturated carbocycles. The maximum atomic E-state index is 10.4. The van der Waals surface area contributed by atoms with Crippen molar-refractivity contribution >= 4 is 27.9 Å². The van der Waals surface area contributed by atoms with Crippen LogP contribution in [-0.2, 0) is 13.0 Å². The highest BCUT2D eigenvalue weighted by Crippen LogP contribution is 2.35. The van der Waals surface area contributed by atoms with Crippen LogP contribution in [0.3, 0.4) is 0 Å². The van der Waals surface area contributed by atoms with E-state index in [-0.39, 0.29) is 0 Å². The molecule has 0 fully saturated rings. The summed E-state index contributed by atoms with van der Waals surface area (Å²) in [7, 11) is 0. The third-order valence-electron chi connectivity index (χ3n) is 3.96. The Kier molecular flexibility index (Phi) is 4.37. The second-order valence-electron chi connectivity index (χ2n) is 5.41. The molecule has 2 aromatic rings. The van der Waals surface area contributed by atoms with Crippen molar-refractivity contribution in [2.75, 3.05) is 18.8 Å². The quantitative estimate of drug-likeness (QED) is 0.905. The minimum atomic E-state index is -0.549. The van der Waals surface area contributed by atoms with Crippen molar-refractivity contribution in [1.82, 2.24) is 4.90 Å². The summed E-state index contributed by atoms with van der Waals surface area (Å²) in [6, 6.07) is 9.46. The molecule has 1 atom stereocenters. The molecule has 6 heteroatoms. The number of nitrogens with two attached hydrogens (primary N) is 1. The highest BCUT2D eigenvalue weighted by atomic mass is 35.5. The fourth-order valence-electron chi connectivity index (χ4n) is 2.79. The van der Waals surface area contributed by atoms with Gasteiger partial charge in [0.2, 0.25) is 0 Å². The van der Waals surface area contributed by atoms with Gasteiger partial charge >= 0.3 is 0 Å². The van der Waals surface area contributed by atoms with Crippen molar-refractivity contribution in [2.24, 2.45) is 0 Å². The van der Waals surface area contributed by atoms with Gasteiger partial charge in [0.25, 0.3) is 0 Å². The Balaban J connectivity index is 1.70. The lowest BCUT2D eigenvalue weighted by atomic mass is 10.0. The second kappa shape index (κ2) is 6.27. The monoisotopic (exact) mass is 333 g/mol. The van der Waals surface area contributed by atoms with E-state index in [1.165, 1.54) is 11.3 Å². The van der Waals surface area contributed by atoms with Crippen LogP contribution < -0.4 is 5.73 Å². The summed E-state index contributed by atoms with van der Waals surface area (Å²) < 4.78 is 0. The van der Waals surface area contributed by atoms with Crippen molar-refractivity contribution in [3.05, 3.63) is 50.9 Å². The maximum absolute atomic E-state index is 10.4. The van der Waals surface area contributed by atoms with E-state index < -0.39 is 6.10 Å². The first kappa shape index (κ1) is 15.3. The average Bonchev–Trinajstić information content (AvgIpc) is 2.82. The number of halogens is 1. The van der Waals surface area contributed by atoms with Gasteiger partial charge in [0.1, 0.15) is 11.1 Å². The lowest BCUT2D eigenvalue weighted by Crippen LogP contribution is -2.33. The van der Waals surface area contributed by atoms with Crippen LogP contribution in [0.2, 0.25) is 5.02 Å². The van der Waals surface area contributed by atoms with Gasteiger partial charge in [-0.25, -0.2) is 0 Å². The van der Waals surface area contributed by atoms with Crippen LogP contribution >= 0.6 is 22.9 Å². The number of aliphatic hydroxyl groups excluding tert-OH is 1. The summed E-state index contributed by atoms with van der Waals surface area (Å²) in [4.78, 5) is 3.34. The highest BCUT2D eigenvalue weighted by molar-refractivity contribution is 7.16. The largest absolute Gasteiger partial charge is 0.389 e. The third-order valence-corrected chi connectivity index (χ3v) is 5.26. The molecule has 22 heavy (non-hydrogen) atoms. The van der Waals surface area contributed by atoms with E-state index in [9.17, 15) is 5.11 Å². The van der Waals surface area contributed by atoms with Gasteiger partial charge in [0.05, 0.1) is 11.7 Å². The van der Waals surface area contributed by atoms with Gasteiger partial charge < -0.3 is 10.8 Å². The SMILES string of the molecule is N#Cc1c(N)sc2c1CCN(CC(O)c1ccc(Cl)cc1)C2. The highest BCUT2D eigenvalue weighted by Gasteiger charge is 2.24. The zero-order valence-electron chi connectivity index (χ0n) is 11.9. The molecule has 2 heterocycles. The number of anilines is 1. The molecule has 0 saturated heterocycles.